The SMILES string of the molecule is Cc1cccc(NCCC(=O)NC2CCCC2)c1. The molecule has 0 heterocycles. The van der Waals surface area contributed by atoms with Gasteiger partial charge < -0.3 is 10.6 Å². The first-order valence-electron chi connectivity index (χ1n) is 6.84. The van der Waals surface area contributed by atoms with Gasteiger partial charge in [0, 0.05) is 24.7 Å². The standard InChI is InChI=1S/C15H22N2O/c1-12-5-4-8-14(11-12)16-10-9-15(18)17-13-6-2-3-7-13/h4-5,8,11,13,16H,2-3,6-7,9-10H2,1H3,(H,17,18). The van der Waals surface area contributed by atoms with Crippen molar-refractivity contribution in [3.8, 4) is 0 Å². The quantitative estimate of drug-likeness (QED) is 0.838. The van der Waals surface area contributed by atoms with Crippen LogP contribution in [0.5, 0.6) is 0 Å². The van der Waals surface area contributed by atoms with Gasteiger partial charge in [0.15, 0.2) is 0 Å². The van der Waals surface area contributed by atoms with Crippen molar-refractivity contribution >= 4 is 11.6 Å². The van der Waals surface area contributed by atoms with E-state index < -0.39 is 0 Å². The summed E-state index contributed by atoms with van der Waals surface area (Å²) in [6, 6.07) is 8.64. The normalized spacial score (nSPS) is 15.6. The molecule has 3 nitrogen and oxygen atoms in total. The minimum atomic E-state index is 0.169. The fourth-order valence-electron chi connectivity index (χ4n) is 2.45. The topological polar surface area (TPSA) is 41.1 Å². The predicted octanol–water partition coefficient (Wildman–Crippen LogP) is 2.86. The molecule has 1 amide bonds. The number of hydrogen-bond acceptors (Lipinski definition) is 2. The van der Waals surface area contributed by atoms with Gasteiger partial charge in [-0.15, -0.1) is 0 Å². The average molecular weight is 246 g/mol. The first kappa shape index (κ1) is 12.9. The van der Waals surface area contributed by atoms with Gasteiger partial charge in [0.05, 0.1) is 0 Å². The van der Waals surface area contributed by atoms with Crippen LogP contribution in [0, 0.1) is 6.92 Å². The maximum atomic E-state index is 11.7. The fourth-order valence-corrected chi connectivity index (χ4v) is 2.45. The molecule has 0 unspecified atom stereocenters. The lowest BCUT2D eigenvalue weighted by molar-refractivity contribution is -0.121. The van der Waals surface area contributed by atoms with Gasteiger partial charge >= 0.3 is 0 Å². The maximum absolute atomic E-state index is 11.7. The van der Waals surface area contributed by atoms with E-state index >= 15 is 0 Å². The van der Waals surface area contributed by atoms with Crippen molar-refractivity contribution in [2.45, 2.75) is 45.1 Å². The number of anilines is 1. The number of aryl methyl sites for hydroxylation is 1. The van der Waals surface area contributed by atoms with Gasteiger partial charge in [0.2, 0.25) is 5.91 Å². The summed E-state index contributed by atoms with van der Waals surface area (Å²) in [5.74, 6) is 0.169. The summed E-state index contributed by atoms with van der Waals surface area (Å²) in [5.41, 5.74) is 2.32. The third-order valence-electron chi connectivity index (χ3n) is 3.42. The summed E-state index contributed by atoms with van der Waals surface area (Å²) in [6.07, 6.45) is 5.36. The third-order valence-corrected chi connectivity index (χ3v) is 3.42. The molecule has 3 heteroatoms. The number of nitrogens with one attached hydrogen (secondary N) is 2. The van der Waals surface area contributed by atoms with Gasteiger partial charge in [-0.1, -0.05) is 25.0 Å². The first-order chi connectivity index (χ1) is 8.74. The Balaban J connectivity index is 1.66. The molecule has 2 rings (SSSR count). The van der Waals surface area contributed by atoms with Gasteiger partial charge in [-0.2, -0.15) is 0 Å². The Morgan fingerprint density at radius 1 is 1.33 bits per heavy atom. The number of hydrogen-bond donors (Lipinski definition) is 2. The summed E-state index contributed by atoms with van der Waals surface area (Å²) < 4.78 is 0. The van der Waals surface area contributed by atoms with Gasteiger partial charge in [-0.3, -0.25) is 4.79 Å². The largest absolute Gasteiger partial charge is 0.385 e. The molecule has 0 atom stereocenters. The Morgan fingerprint density at radius 3 is 2.83 bits per heavy atom. The molecule has 0 radical (unpaired) electrons. The van der Waals surface area contributed by atoms with E-state index in [2.05, 4.69) is 29.7 Å². The number of benzene rings is 1. The Hall–Kier alpha value is -1.51. The van der Waals surface area contributed by atoms with Crippen molar-refractivity contribution in [3.63, 3.8) is 0 Å². The highest BCUT2D eigenvalue weighted by molar-refractivity contribution is 5.76. The summed E-state index contributed by atoms with van der Waals surface area (Å²) in [5, 5.41) is 6.38. The van der Waals surface area contributed by atoms with Crippen LogP contribution in [0.2, 0.25) is 0 Å². The average Bonchev–Trinajstić information content (AvgIpc) is 2.82. The molecule has 1 aromatic rings. The summed E-state index contributed by atoms with van der Waals surface area (Å²) in [7, 11) is 0. The van der Waals surface area contributed by atoms with E-state index in [0.29, 0.717) is 19.0 Å². The van der Waals surface area contributed by atoms with Crippen molar-refractivity contribution in [3.05, 3.63) is 29.8 Å². The molecular weight excluding hydrogens is 224 g/mol. The zero-order chi connectivity index (χ0) is 12.8. The molecule has 0 saturated heterocycles. The zero-order valence-corrected chi connectivity index (χ0v) is 11.0. The first-order valence-corrected chi connectivity index (χ1v) is 6.84. The lowest BCUT2D eigenvalue weighted by Crippen LogP contribution is -2.33. The number of rotatable bonds is 5. The van der Waals surface area contributed by atoms with Crippen molar-refractivity contribution in [1.29, 1.82) is 0 Å². The molecule has 0 aliphatic heterocycles. The molecule has 2 N–H and O–H groups in total. The van der Waals surface area contributed by atoms with Crippen LogP contribution in [0.25, 0.3) is 0 Å². The number of carbonyl (C=O) groups excluding carboxylic acids is 1. The highest BCUT2D eigenvalue weighted by Crippen LogP contribution is 2.17. The van der Waals surface area contributed by atoms with Crippen LogP contribution in [0.1, 0.15) is 37.7 Å². The van der Waals surface area contributed by atoms with E-state index in [0.717, 1.165) is 18.5 Å². The Morgan fingerprint density at radius 2 is 2.11 bits per heavy atom. The van der Waals surface area contributed by atoms with Crippen LogP contribution in [0.4, 0.5) is 5.69 Å². The summed E-state index contributed by atoms with van der Waals surface area (Å²) in [6.45, 7) is 2.76. The van der Waals surface area contributed by atoms with Gasteiger partial charge in [-0.25, -0.2) is 0 Å². The second-order valence-corrected chi connectivity index (χ2v) is 5.10. The zero-order valence-electron chi connectivity index (χ0n) is 11.0. The minimum absolute atomic E-state index is 0.169. The second kappa shape index (κ2) is 6.43. The molecule has 0 spiro atoms. The lowest BCUT2D eigenvalue weighted by Gasteiger charge is -2.12. The van der Waals surface area contributed by atoms with Crippen molar-refractivity contribution in [1.82, 2.24) is 5.32 Å². The van der Waals surface area contributed by atoms with Gasteiger partial charge in [0.25, 0.3) is 0 Å². The van der Waals surface area contributed by atoms with Crippen molar-refractivity contribution < 1.29 is 4.79 Å². The van der Waals surface area contributed by atoms with E-state index in [1.807, 2.05) is 12.1 Å². The highest BCUT2D eigenvalue weighted by Gasteiger charge is 2.16. The highest BCUT2D eigenvalue weighted by atomic mass is 16.1. The predicted molar refractivity (Wildman–Crippen MR) is 74.7 cm³/mol. The fraction of sp³-hybridized carbons (Fsp3) is 0.533. The van der Waals surface area contributed by atoms with Gasteiger partial charge in [0.1, 0.15) is 0 Å². The van der Waals surface area contributed by atoms with Crippen LogP contribution in [-0.4, -0.2) is 18.5 Å². The molecule has 1 aromatic carbocycles. The maximum Gasteiger partial charge on any atom is 0.221 e. The molecule has 1 aliphatic rings. The molecule has 0 aromatic heterocycles. The van der Waals surface area contributed by atoms with Crippen LogP contribution < -0.4 is 10.6 Å². The number of carbonyl (C=O) groups is 1. The third kappa shape index (κ3) is 4.06. The molecule has 1 fully saturated rings. The van der Waals surface area contributed by atoms with E-state index in [4.69, 9.17) is 0 Å². The van der Waals surface area contributed by atoms with Crippen LogP contribution in [0.15, 0.2) is 24.3 Å². The van der Waals surface area contributed by atoms with Crippen molar-refractivity contribution in [2.24, 2.45) is 0 Å². The Bertz CT molecular complexity index is 397. The van der Waals surface area contributed by atoms with Crippen LogP contribution >= 0.6 is 0 Å². The second-order valence-electron chi connectivity index (χ2n) is 5.10. The Labute approximate surface area is 109 Å². The van der Waals surface area contributed by atoms with E-state index in [-0.39, 0.29) is 5.91 Å². The lowest BCUT2D eigenvalue weighted by atomic mass is 10.2. The van der Waals surface area contributed by atoms with Crippen LogP contribution in [-0.2, 0) is 4.79 Å². The molecule has 1 aliphatic carbocycles. The van der Waals surface area contributed by atoms with Crippen molar-refractivity contribution in [2.75, 3.05) is 11.9 Å². The summed E-state index contributed by atoms with van der Waals surface area (Å²) >= 11 is 0. The Kier molecular flexibility index (Phi) is 4.62. The molecule has 1 saturated carbocycles. The van der Waals surface area contributed by atoms with E-state index in [9.17, 15) is 4.79 Å². The van der Waals surface area contributed by atoms with E-state index in [1.165, 1.54) is 18.4 Å². The monoisotopic (exact) mass is 246 g/mol. The number of amides is 1. The van der Waals surface area contributed by atoms with E-state index in [1.54, 1.807) is 0 Å². The molecule has 98 valence electrons. The summed E-state index contributed by atoms with van der Waals surface area (Å²) in [4.78, 5) is 11.7. The minimum Gasteiger partial charge on any atom is -0.385 e. The molecule has 0 bridgehead atoms. The van der Waals surface area contributed by atoms with Gasteiger partial charge in [-0.05, 0) is 37.5 Å². The molecular formula is C15H22N2O. The smallest absolute Gasteiger partial charge is 0.221 e. The van der Waals surface area contributed by atoms with Crippen LogP contribution in [0.3, 0.4) is 0 Å². The molecule has 18 heavy (non-hydrogen) atoms.